The average Bonchev–Trinajstić information content (AvgIpc) is 2.53. The van der Waals surface area contributed by atoms with Crippen LogP contribution in [0.4, 0.5) is 0 Å². The van der Waals surface area contributed by atoms with Crippen LogP contribution in [0.25, 0.3) is 0 Å². The van der Waals surface area contributed by atoms with Crippen molar-refractivity contribution in [3.8, 4) is 0 Å². The number of hydrogen-bond donors (Lipinski definition) is 2. The van der Waals surface area contributed by atoms with Crippen molar-refractivity contribution in [2.75, 3.05) is 0 Å². The van der Waals surface area contributed by atoms with Gasteiger partial charge >= 0.3 is 5.97 Å². The molecule has 1 unspecified atom stereocenters. The van der Waals surface area contributed by atoms with Crippen LogP contribution in [-0.4, -0.2) is 17.1 Å². The molecule has 1 atom stereocenters. The summed E-state index contributed by atoms with van der Waals surface area (Å²) in [5.41, 5.74) is 1.28. The second kappa shape index (κ2) is 6.01. The van der Waals surface area contributed by atoms with Crippen LogP contribution in [0.2, 0.25) is 0 Å². The summed E-state index contributed by atoms with van der Waals surface area (Å²) in [4.78, 5) is 13.4. The number of nitrogens with one attached hydrogen (secondary N) is 1. The Labute approximate surface area is 100 Å². The molecule has 0 radical (unpaired) electrons. The lowest BCUT2D eigenvalue weighted by Gasteiger charge is -2.12. The van der Waals surface area contributed by atoms with E-state index in [-0.39, 0.29) is 0 Å². The summed E-state index contributed by atoms with van der Waals surface area (Å²) < 4.78 is 0. The highest BCUT2D eigenvalue weighted by molar-refractivity contribution is 7.12. The molecule has 0 saturated carbocycles. The molecule has 4 heteroatoms. The SMILES string of the molecule is CCCC(NCc1cc(C)c(C)s1)C(=O)O. The molecule has 1 aromatic rings. The van der Waals surface area contributed by atoms with Gasteiger partial charge in [-0.25, -0.2) is 0 Å². The largest absolute Gasteiger partial charge is 0.480 e. The van der Waals surface area contributed by atoms with Crippen molar-refractivity contribution >= 4 is 17.3 Å². The third-order valence-corrected chi connectivity index (χ3v) is 3.77. The molecule has 0 amide bonds. The summed E-state index contributed by atoms with van der Waals surface area (Å²) >= 11 is 1.73. The molecule has 0 aliphatic rings. The zero-order chi connectivity index (χ0) is 12.1. The first kappa shape index (κ1) is 13.2. The Bertz CT molecular complexity index is 340. The van der Waals surface area contributed by atoms with E-state index in [1.165, 1.54) is 15.3 Å². The number of rotatable bonds is 6. The zero-order valence-corrected chi connectivity index (χ0v) is 10.9. The van der Waals surface area contributed by atoms with Crippen LogP contribution < -0.4 is 5.32 Å². The predicted molar refractivity (Wildman–Crippen MR) is 67.0 cm³/mol. The molecule has 90 valence electrons. The van der Waals surface area contributed by atoms with Crippen molar-refractivity contribution in [2.24, 2.45) is 0 Å². The smallest absolute Gasteiger partial charge is 0.320 e. The van der Waals surface area contributed by atoms with E-state index in [1.807, 2.05) is 6.92 Å². The Hall–Kier alpha value is -0.870. The summed E-state index contributed by atoms with van der Waals surface area (Å²) in [5, 5.41) is 12.1. The van der Waals surface area contributed by atoms with Gasteiger partial charge < -0.3 is 5.11 Å². The highest BCUT2D eigenvalue weighted by Gasteiger charge is 2.15. The Morgan fingerprint density at radius 1 is 1.56 bits per heavy atom. The molecule has 0 bridgehead atoms. The van der Waals surface area contributed by atoms with Gasteiger partial charge in [0.05, 0.1) is 0 Å². The van der Waals surface area contributed by atoms with Gasteiger partial charge in [-0.3, -0.25) is 10.1 Å². The van der Waals surface area contributed by atoms with Crippen molar-refractivity contribution in [1.29, 1.82) is 0 Å². The molecular weight excluding hydrogens is 222 g/mol. The first-order valence-electron chi connectivity index (χ1n) is 5.56. The highest BCUT2D eigenvalue weighted by atomic mass is 32.1. The van der Waals surface area contributed by atoms with Crippen molar-refractivity contribution in [1.82, 2.24) is 5.32 Å². The molecule has 1 aromatic heterocycles. The molecule has 0 saturated heterocycles. The third-order valence-electron chi connectivity index (χ3n) is 2.62. The number of carbonyl (C=O) groups is 1. The fraction of sp³-hybridized carbons (Fsp3) is 0.583. The first-order valence-corrected chi connectivity index (χ1v) is 6.38. The number of hydrogen-bond acceptors (Lipinski definition) is 3. The Morgan fingerprint density at radius 2 is 2.25 bits per heavy atom. The maximum atomic E-state index is 10.9. The van der Waals surface area contributed by atoms with Gasteiger partial charge in [-0.15, -0.1) is 11.3 Å². The number of carboxylic acid groups (broad SMARTS) is 1. The second-order valence-corrected chi connectivity index (χ2v) is 5.35. The van der Waals surface area contributed by atoms with E-state index in [4.69, 9.17) is 5.11 Å². The van der Waals surface area contributed by atoms with Crippen LogP contribution in [0.5, 0.6) is 0 Å². The lowest BCUT2D eigenvalue weighted by molar-refractivity contribution is -0.139. The van der Waals surface area contributed by atoms with Crippen LogP contribution in [0.15, 0.2) is 6.07 Å². The van der Waals surface area contributed by atoms with Crippen molar-refractivity contribution < 1.29 is 9.90 Å². The molecule has 1 heterocycles. The number of aliphatic carboxylic acids is 1. The summed E-state index contributed by atoms with van der Waals surface area (Å²) in [7, 11) is 0. The Morgan fingerprint density at radius 3 is 2.69 bits per heavy atom. The van der Waals surface area contributed by atoms with Crippen LogP contribution in [0.3, 0.4) is 0 Å². The van der Waals surface area contributed by atoms with E-state index in [0.717, 1.165) is 6.42 Å². The molecule has 0 spiro atoms. The number of aryl methyl sites for hydroxylation is 2. The van der Waals surface area contributed by atoms with E-state index < -0.39 is 12.0 Å². The van der Waals surface area contributed by atoms with Crippen LogP contribution in [0, 0.1) is 13.8 Å². The number of thiophene rings is 1. The maximum absolute atomic E-state index is 10.9. The van der Waals surface area contributed by atoms with Crippen LogP contribution >= 0.6 is 11.3 Å². The molecule has 3 nitrogen and oxygen atoms in total. The second-order valence-electron chi connectivity index (χ2n) is 4.01. The van der Waals surface area contributed by atoms with E-state index in [9.17, 15) is 4.79 Å². The fourth-order valence-corrected chi connectivity index (χ4v) is 2.57. The molecule has 0 aliphatic heterocycles. The van der Waals surface area contributed by atoms with Gasteiger partial charge in [0.25, 0.3) is 0 Å². The molecule has 0 aromatic carbocycles. The van der Waals surface area contributed by atoms with E-state index in [2.05, 4.69) is 25.2 Å². The van der Waals surface area contributed by atoms with Gasteiger partial charge in [0, 0.05) is 16.3 Å². The van der Waals surface area contributed by atoms with Gasteiger partial charge in [-0.2, -0.15) is 0 Å². The topological polar surface area (TPSA) is 49.3 Å². The van der Waals surface area contributed by atoms with Crippen molar-refractivity contribution in [2.45, 2.75) is 46.2 Å². The monoisotopic (exact) mass is 241 g/mol. The lowest BCUT2D eigenvalue weighted by Crippen LogP contribution is -2.35. The van der Waals surface area contributed by atoms with Crippen LogP contribution in [-0.2, 0) is 11.3 Å². The first-order chi connectivity index (χ1) is 7.54. The highest BCUT2D eigenvalue weighted by Crippen LogP contribution is 2.20. The quantitative estimate of drug-likeness (QED) is 0.805. The standard InChI is InChI=1S/C12H19NO2S/c1-4-5-11(12(14)15)13-7-10-6-8(2)9(3)16-10/h6,11,13H,4-5,7H2,1-3H3,(H,14,15). The minimum atomic E-state index is -0.758. The normalized spacial score (nSPS) is 12.7. The summed E-state index contributed by atoms with van der Waals surface area (Å²) in [5.74, 6) is -0.758. The maximum Gasteiger partial charge on any atom is 0.320 e. The van der Waals surface area contributed by atoms with Gasteiger partial charge in [-0.05, 0) is 31.9 Å². The molecule has 1 rings (SSSR count). The fourth-order valence-electron chi connectivity index (χ4n) is 1.56. The van der Waals surface area contributed by atoms with Crippen molar-refractivity contribution in [3.05, 3.63) is 21.4 Å². The zero-order valence-electron chi connectivity index (χ0n) is 10.0. The summed E-state index contributed by atoms with van der Waals surface area (Å²) in [6.07, 6.45) is 1.56. The Balaban J connectivity index is 2.51. The molecule has 16 heavy (non-hydrogen) atoms. The van der Waals surface area contributed by atoms with Crippen molar-refractivity contribution in [3.63, 3.8) is 0 Å². The molecule has 0 aliphatic carbocycles. The minimum absolute atomic E-state index is 0.423. The summed E-state index contributed by atoms with van der Waals surface area (Å²) in [6, 6.07) is 1.70. The van der Waals surface area contributed by atoms with E-state index >= 15 is 0 Å². The molecule has 0 fully saturated rings. The van der Waals surface area contributed by atoms with Gasteiger partial charge in [0.2, 0.25) is 0 Å². The summed E-state index contributed by atoms with van der Waals surface area (Å²) in [6.45, 7) is 6.81. The van der Waals surface area contributed by atoms with E-state index in [0.29, 0.717) is 13.0 Å². The van der Waals surface area contributed by atoms with Gasteiger partial charge in [0.1, 0.15) is 6.04 Å². The predicted octanol–water partition coefficient (Wildman–Crippen LogP) is 2.71. The molecule has 2 N–H and O–H groups in total. The Kier molecular flexibility index (Phi) is 4.96. The lowest BCUT2D eigenvalue weighted by atomic mass is 10.1. The molecular formula is C12H19NO2S. The minimum Gasteiger partial charge on any atom is -0.480 e. The van der Waals surface area contributed by atoms with Gasteiger partial charge in [0.15, 0.2) is 0 Å². The third kappa shape index (κ3) is 3.61. The van der Waals surface area contributed by atoms with Crippen LogP contribution in [0.1, 0.15) is 35.1 Å². The van der Waals surface area contributed by atoms with E-state index in [1.54, 1.807) is 11.3 Å². The van der Waals surface area contributed by atoms with Gasteiger partial charge in [-0.1, -0.05) is 13.3 Å². The number of carboxylic acids is 1. The average molecular weight is 241 g/mol.